The zero-order chi connectivity index (χ0) is 17.7. The van der Waals surface area contributed by atoms with Crippen LogP contribution in [0.25, 0.3) is 0 Å². The Labute approximate surface area is 142 Å². The molecule has 1 fully saturated rings. The van der Waals surface area contributed by atoms with Crippen LogP contribution in [0, 0.1) is 10.1 Å². The van der Waals surface area contributed by atoms with Crippen LogP contribution < -0.4 is 0 Å². The fourth-order valence-electron chi connectivity index (χ4n) is 3.42. The number of carboxylic acid groups (broad SMARTS) is 1. The molecule has 0 bridgehead atoms. The van der Waals surface area contributed by atoms with Crippen LogP contribution in [0.3, 0.4) is 0 Å². The van der Waals surface area contributed by atoms with Crippen LogP contribution in [0.5, 0.6) is 0 Å². The first-order valence-corrected chi connectivity index (χ1v) is 8.36. The van der Waals surface area contributed by atoms with Crippen LogP contribution in [-0.4, -0.2) is 58.0 Å². The predicted molar refractivity (Wildman–Crippen MR) is 91.0 cm³/mol. The second-order valence-corrected chi connectivity index (χ2v) is 6.25. The average Bonchev–Trinajstić information content (AvgIpc) is 2.59. The van der Waals surface area contributed by atoms with E-state index in [-0.39, 0.29) is 23.2 Å². The van der Waals surface area contributed by atoms with Crippen molar-refractivity contribution in [3.63, 3.8) is 0 Å². The molecular weight excluding hydrogens is 310 g/mol. The molecule has 7 nitrogen and oxygen atoms in total. The van der Waals surface area contributed by atoms with E-state index < -0.39 is 5.97 Å². The van der Waals surface area contributed by atoms with Crippen LogP contribution in [-0.2, 0) is 4.79 Å². The molecule has 0 saturated carbocycles. The number of likely N-dealkylation sites (tertiary alicyclic amines) is 1. The van der Waals surface area contributed by atoms with E-state index in [2.05, 4.69) is 11.8 Å². The van der Waals surface area contributed by atoms with Gasteiger partial charge in [0.2, 0.25) is 0 Å². The number of rotatable bonds is 7. The lowest BCUT2D eigenvalue weighted by Crippen LogP contribution is -2.47. The Morgan fingerprint density at radius 2 is 2.12 bits per heavy atom. The predicted octanol–water partition coefficient (Wildman–Crippen LogP) is 2.53. The molecule has 1 heterocycles. The van der Waals surface area contributed by atoms with Gasteiger partial charge in [-0.15, -0.1) is 0 Å². The normalized spacial score (nSPS) is 17.8. The first kappa shape index (κ1) is 18.4. The molecular formula is C17H25N3O4. The van der Waals surface area contributed by atoms with E-state index in [1.165, 1.54) is 6.07 Å². The lowest BCUT2D eigenvalue weighted by Gasteiger charge is -2.40. The van der Waals surface area contributed by atoms with Gasteiger partial charge < -0.3 is 5.11 Å². The molecule has 0 radical (unpaired) electrons. The van der Waals surface area contributed by atoms with E-state index in [4.69, 9.17) is 5.11 Å². The second kappa shape index (κ2) is 8.21. The van der Waals surface area contributed by atoms with Gasteiger partial charge >= 0.3 is 5.97 Å². The lowest BCUT2D eigenvalue weighted by atomic mass is 9.98. The Kier molecular flexibility index (Phi) is 6.28. The Bertz CT molecular complexity index is 585. The quantitative estimate of drug-likeness (QED) is 0.608. The molecule has 1 saturated heterocycles. The third-order valence-corrected chi connectivity index (χ3v) is 4.87. The molecule has 1 aliphatic rings. The minimum absolute atomic E-state index is 0.0849. The molecule has 1 aromatic rings. The zero-order valence-corrected chi connectivity index (χ0v) is 14.2. The number of carboxylic acids is 1. The van der Waals surface area contributed by atoms with Gasteiger partial charge in [0.1, 0.15) is 0 Å². The van der Waals surface area contributed by atoms with Crippen molar-refractivity contribution in [1.82, 2.24) is 9.80 Å². The van der Waals surface area contributed by atoms with E-state index in [9.17, 15) is 14.9 Å². The summed E-state index contributed by atoms with van der Waals surface area (Å²) in [5.41, 5.74) is 1.06. The van der Waals surface area contributed by atoms with Crippen molar-refractivity contribution in [1.29, 1.82) is 0 Å². The van der Waals surface area contributed by atoms with Crippen LogP contribution >= 0.6 is 0 Å². The number of nitro groups is 1. The Balaban J connectivity index is 1.97. The second-order valence-electron chi connectivity index (χ2n) is 6.25. The maximum atomic E-state index is 10.9. The summed E-state index contributed by atoms with van der Waals surface area (Å²) in [5.74, 6) is -0.788. The molecule has 1 aliphatic heterocycles. The molecule has 0 aromatic heterocycles. The summed E-state index contributed by atoms with van der Waals surface area (Å²) in [6.07, 6.45) is 1.83. The Morgan fingerprint density at radius 3 is 2.67 bits per heavy atom. The number of piperidine rings is 1. The maximum absolute atomic E-state index is 10.9. The third-order valence-electron chi connectivity index (χ3n) is 4.87. The molecule has 1 unspecified atom stereocenters. The molecule has 0 spiro atoms. The fourth-order valence-corrected chi connectivity index (χ4v) is 3.42. The maximum Gasteiger partial charge on any atom is 0.317 e. The summed E-state index contributed by atoms with van der Waals surface area (Å²) in [4.78, 5) is 25.8. The van der Waals surface area contributed by atoms with Gasteiger partial charge in [0, 0.05) is 37.3 Å². The smallest absolute Gasteiger partial charge is 0.317 e. The minimum Gasteiger partial charge on any atom is -0.480 e. The Hall–Kier alpha value is -1.99. The van der Waals surface area contributed by atoms with E-state index >= 15 is 0 Å². The van der Waals surface area contributed by atoms with Gasteiger partial charge in [-0.25, -0.2) is 0 Å². The van der Waals surface area contributed by atoms with Crippen molar-refractivity contribution in [3.8, 4) is 0 Å². The molecule has 7 heteroatoms. The number of hydrogen-bond acceptors (Lipinski definition) is 5. The summed E-state index contributed by atoms with van der Waals surface area (Å²) in [7, 11) is 0. The summed E-state index contributed by atoms with van der Waals surface area (Å²) in [6, 6.07) is 7.20. The highest BCUT2D eigenvalue weighted by Gasteiger charge is 2.27. The van der Waals surface area contributed by atoms with Crippen LogP contribution in [0.1, 0.15) is 38.3 Å². The topological polar surface area (TPSA) is 86.9 Å². The SMILES string of the molecule is CCN(CC(=O)O)C1CCN(C(C)c2cccc([N+](=O)[O-])c2)CC1. The van der Waals surface area contributed by atoms with E-state index in [0.717, 1.165) is 38.0 Å². The Morgan fingerprint density at radius 1 is 1.46 bits per heavy atom. The number of likely N-dealkylation sites (N-methyl/N-ethyl adjacent to an activating group) is 1. The first-order chi connectivity index (χ1) is 11.4. The molecule has 2 rings (SSSR count). The summed E-state index contributed by atoms with van der Waals surface area (Å²) in [6.45, 7) is 6.60. The zero-order valence-electron chi connectivity index (χ0n) is 14.2. The van der Waals surface area contributed by atoms with E-state index in [1.54, 1.807) is 12.1 Å². The number of carbonyl (C=O) groups is 1. The van der Waals surface area contributed by atoms with Crippen molar-refractivity contribution >= 4 is 11.7 Å². The van der Waals surface area contributed by atoms with Crippen molar-refractivity contribution < 1.29 is 14.8 Å². The standard InChI is InChI=1S/C17H25N3O4/c1-3-18(12-17(21)22)15-7-9-19(10-8-15)13(2)14-5-4-6-16(11-14)20(23)24/h4-6,11,13,15H,3,7-10,12H2,1-2H3,(H,21,22). The van der Waals surface area contributed by atoms with Gasteiger partial charge in [-0.2, -0.15) is 0 Å². The molecule has 0 amide bonds. The first-order valence-electron chi connectivity index (χ1n) is 8.36. The highest BCUT2D eigenvalue weighted by atomic mass is 16.6. The summed E-state index contributed by atoms with van der Waals surface area (Å²) < 4.78 is 0. The highest BCUT2D eigenvalue weighted by Crippen LogP contribution is 2.27. The molecule has 132 valence electrons. The fraction of sp³-hybridized carbons (Fsp3) is 0.588. The van der Waals surface area contributed by atoms with E-state index in [0.29, 0.717) is 6.04 Å². The van der Waals surface area contributed by atoms with Crippen LogP contribution in [0.2, 0.25) is 0 Å². The third kappa shape index (κ3) is 4.52. The van der Waals surface area contributed by atoms with Crippen LogP contribution in [0.15, 0.2) is 24.3 Å². The van der Waals surface area contributed by atoms with Crippen molar-refractivity contribution in [3.05, 3.63) is 39.9 Å². The van der Waals surface area contributed by atoms with Crippen molar-refractivity contribution in [2.45, 2.75) is 38.8 Å². The van der Waals surface area contributed by atoms with Crippen molar-refractivity contribution in [2.75, 3.05) is 26.2 Å². The van der Waals surface area contributed by atoms with Crippen LogP contribution in [0.4, 0.5) is 5.69 Å². The number of aliphatic carboxylic acids is 1. The molecule has 1 atom stereocenters. The van der Waals surface area contributed by atoms with Gasteiger partial charge in [-0.1, -0.05) is 19.1 Å². The van der Waals surface area contributed by atoms with E-state index in [1.807, 2.05) is 17.9 Å². The van der Waals surface area contributed by atoms with Gasteiger partial charge in [0.15, 0.2) is 0 Å². The molecule has 0 aliphatic carbocycles. The van der Waals surface area contributed by atoms with Gasteiger partial charge in [0.05, 0.1) is 11.5 Å². The number of nitrogens with zero attached hydrogens (tertiary/aromatic N) is 3. The largest absolute Gasteiger partial charge is 0.480 e. The number of non-ortho nitro benzene ring substituents is 1. The summed E-state index contributed by atoms with van der Waals surface area (Å²) in [5, 5.41) is 19.9. The molecule has 1 aromatic carbocycles. The molecule has 24 heavy (non-hydrogen) atoms. The minimum atomic E-state index is -0.788. The average molecular weight is 335 g/mol. The van der Waals surface area contributed by atoms with Crippen molar-refractivity contribution in [2.24, 2.45) is 0 Å². The summed E-state index contributed by atoms with van der Waals surface area (Å²) >= 11 is 0. The number of hydrogen-bond donors (Lipinski definition) is 1. The monoisotopic (exact) mass is 335 g/mol. The van der Waals surface area contributed by atoms with Gasteiger partial charge in [-0.05, 0) is 31.9 Å². The molecule has 1 N–H and O–H groups in total. The number of nitro benzene ring substituents is 1. The highest BCUT2D eigenvalue weighted by molar-refractivity contribution is 5.69. The van der Waals surface area contributed by atoms with Gasteiger partial charge in [-0.3, -0.25) is 24.7 Å². The van der Waals surface area contributed by atoms with Gasteiger partial charge in [0.25, 0.3) is 5.69 Å². The lowest BCUT2D eigenvalue weighted by molar-refractivity contribution is -0.385. The number of benzene rings is 1.